The molecule has 1 saturated carbocycles. The Balaban J connectivity index is 2.66. The maximum absolute atomic E-state index is 12.3. The Morgan fingerprint density at radius 3 is 2.33 bits per heavy atom. The average molecular weight is 255 g/mol. The van der Waals surface area contributed by atoms with Crippen molar-refractivity contribution in [1.29, 1.82) is 0 Å². The van der Waals surface area contributed by atoms with Gasteiger partial charge in [0.25, 0.3) is 0 Å². The van der Waals surface area contributed by atoms with Crippen LogP contribution in [0.25, 0.3) is 0 Å². The lowest BCUT2D eigenvalue weighted by atomic mass is 9.80. The van der Waals surface area contributed by atoms with Crippen molar-refractivity contribution in [2.75, 3.05) is 6.54 Å². The van der Waals surface area contributed by atoms with Crippen LogP contribution in [0.3, 0.4) is 0 Å². The molecule has 104 valence electrons. The van der Waals surface area contributed by atoms with Gasteiger partial charge >= 0.3 is 0 Å². The van der Waals surface area contributed by atoms with E-state index in [1.165, 1.54) is 0 Å². The summed E-state index contributed by atoms with van der Waals surface area (Å²) in [7, 11) is 0. The highest BCUT2D eigenvalue weighted by molar-refractivity contribution is 6.06. The van der Waals surface area contributed by atoms with Crippen LogP contribution in [0.5, 0.6) is 0 Å². The number of nitrogens with two attached hydrogens (primary N) is 1. The molecule has 0 radical (unpaired) electrons. The number of nitrogens with zero attached hydrogens (tertiary/aromatic N) is 1. The summed E-state index contributed by atoms with van der Waals surface area (Å²) in [6.45, 7) is 8.82. The van der Waals surface area contributed by atoms with Gasteiger partial charge in [0, 0.05) is 6.54 Å². The number of hydrogen-bond donors (Lipinski definition) is 3. The molecular formula is C13H25N3O2. The lowest BCUT2D eigenvalue weighted by molar-refractivity contribution is -0.128. The standard InChI is InChI=1S/C13H25N3O2/c1-5-13(6-2,10(14)16-18)11(17)15-8-9-7-12(9,3)4/h9,18H,5-8H2,1-4H3,(H2,14,16)(H,15,17). The summed E-state index contributed by atoms with van der Waals surface area (Å²) in [6, 6.07) is 0. The highest BCUT2D eigenvalue weighted by atomic mass is 16.4. The molecule has 0 bridgehead atoms. The van der Waals surface area contributed by atoms with Crippen LogP contribution in [-0.4, -0.2) is 23.5 Å². The topological polar surface area (TPSA) is 87.7 Å². The van der Waals surface area contributed by atoms with E-state index in [-0.39, 0.29) is 11.7 Å². The summed E-state index contributed by atoms with van der Waals surface area (Å²) in [5.41, 5.74) is 5.15. The first-order valence-corrected chi connectivity index (χ1v) is 6.60. The fourth-order valence-corrected chi connectivity index (χ4v) is 2.46. The molecule has 5 heteroatoms. The molecule has 0 aliphatic heterocycles. The van der Waals surface area contributed by atoms with E-state index in [0.717, 1.165) is 6.42 Å². The largest absolute Gasteiger partial charge is 0.409 e. The van der Waals surface area contributed by atoms with Crippen LogP contribution in [0.4, 0.5) is 0 Å². The normalized spacial score (nSPS) is 22.7. The van der Waals surface area contributed by atoms with Crippen LogP contribution in [0, 0.1) is 16.7 Å². The van der Waals surface area contributed by atoms with Crippen molar-refractivity contribution in [1.82, 2.24) is 5.32 Å². The molecule has 0 aromatic heterocycles. The Morgan fingerprint density at radius 1 is 1.50 bits per heavy atom. The summed E-state index contributed by atoms with van der Waals surface area (Å²) in [4.78, 5) is 12.3. The Kier molecular flexibility index (Phi) is 4.24. The first kappa shape index (κ1) is 14.8. The molecule has 1 aliphatic carbocycles. The second kappa shape index (κ2) is 5.16. The molecule has 5 nitrogen and oxygen atoms in total. The third-order valence-corrected chi connectivity index (χ3v) is 4.47. The SMILES string of the molecule is CCC(CC)(C(=O)NCC1CC1(C)C)C(N)=NO. The zero-order chi connectivity index (χ0) is 14.0. The van der Waals surface area contributed by atoms with E-state index in [9.17, 15) is 4.79 Å². The van der Waals surface area contributed by atoms with Gasteiger partial charge in [-0.05, 0) is 30.6 Å². The van der Waals surface area contributed by atoms with E-state index in [1.807, 2.05) is 13.8 Å². The van der Waals surface area contributed by atoms with Crippen LogP contribution >= 0.6 is 0 Å². The molecule has 0 aromatic rings. The zero-order valence-electron chi connectivity index (χ0n) is 11.8. The van der Waals surface area contributed by atoms with E-state index in [2.05, 4.69) is 24.3 Å². The number of rotatable bonds is 6. The van der Waals surface area contributed by atoms with Gasteiger partial charge in [0.15, 0.2) is 5.84 Å². The second-order valence-electron chi connectivity index (χ2n) is 5.87. The van der Waals surface area contributed by atoms with Crippen molar-refractivity contribution in [3.8, 4) is 0 Å². The van der Waals surface area contributed by atoms with Crippen molar-refractivity contribution < 1.29 is 10.0 Å². The molecule has 0 heterocycles. The predicted molar refractivity (Wildman–Crippen MR) is 71.3 cm³/mol. The van der Waals surface area contributed by atoms with Gasteiger partial charge in [0.05, 0.1) is 0 Å². The molecular weight excluding hydrogens is 230 g/mol. The van der Waals surface area contributed by atoms with Crippen molar-refractivity contribution >= 4 is 11.7 Å². The smallest absolute Gasteiger partial charge is 0.233 e. The molecule has 0 spiro atoms. The number of amidine groups is 1. The van der Waals surface area contributed by atoms with E-state index in [1.54, 1.807) is 0 Å². The summed E-state index contributed by atoms with van der Waals surface area (Å²) >= 11 is 0. The summed E-state index contributed by atoms with van der Waals surface area (Å²) in [6.07, 6.45) is 2.20. The monoisotopic (exact) mass is 255 g/mol. The molecule has 1 atom stereocenters. The van der Waals surface area contributed by atoms with E-state index >= 15 is 0 Å². The van der Waals surface area contributed by atoms with Gasteiger partial charge in [-0.25, -0.2) is 0 Å². The number of hydrogen-bond acceptors (Lipinski definition) is 3. The van der Waals surface area contributed by atoms with Crippen molar-refractivity contribution in [3.05, 3.63) is 0 Å². The van der Waals surface area contributed by atoms with Crippen LogP contribution < -0.4 is 11.1 Å². The predicted octanol–water partition coefficient (Wildman–Crippen LogP) is 1.70. The van der Waals surface area contributed by atoms with Crippen LogP contribution in [0.2, 0.25) is 0 Å². The Labute approximate surface area is 109 Å². The van der Waals surface area contributed by atoms with Crippen molar-refractivity contribution in [3.63, 3.8) is 0 Å². The molecule has 1 amide bonds. The number of oxime groups is 1. The molecule has 18 heavy (non-hydrogen) atoms. The van der Waals surface area contributed by atoms with Gasteiger partial charge in [0.2, 0.25) is 5.91 Å². The number of amides is 1. The lowest BCUT2D eigenvalue weighted by Crippen LogP contribution is -2.49. The minimum atomic E-state index is -0.881. The number of carbonyl (C=O) groups is 1. The third kappa shape index (κ3) is 2.60. The number of nitrogens with one attached hydrogen (secondary N) is 1. The molecule has 1 rings (SSSR count). The number of carbonyl (C=O) groups excluding carboxylic acids is 1. The van der Waals surface area contributed by atoms with Crippen molar-refractivity contribution in [2.24, 2.45) is 27.6 Å². The molecule has 1 aliphatic rings. The maximum Gasteiger partial charge on any atom is 0.233 e. The minimum Gasteiger partial charge on any atom is -0.409 e. The van der Waals surface area contributed by atoms with Gasteiger partial charge in [-0.2, -0.15) is 0 Å². The molecule has 0 aromatic carbocycles. The zero-order valence-corrected chi connectivity index (χ0v) is 11.8. The maximum atomic E-state index is 12.3. The van der Waals surface area contributed by atoms with E-state index in [4.69, 9.17) is 10.9 Å². The lowest BCUT2D eigenvalue weighted by Gasteiger charge is -2.28. The fourth-order valence-electron chi connectivity index (χ4n) is 2.46. The van der Waals surface area contributed by atoms with Gasteiger partial charge in [-0.15, -0.1) is 0 Å². The van der Waals surface area contributed by atoms with Crippen molar-refractivity contribution in [2.45, 2.75) is 47.0 Å². The molecule has 0 saturated heterocycles. The third-order valence-electron chi connectivity index (χ3n) is 4.47. The van der Waals surface area contributed by atoms with Gasteiger partial charge in [-0.1, -0.05) is 32.9 Å². The summed E-state index contributed by atoms with van der Waals surface area (Å²) in [5.74, 6) is 0.408. The fraction of sp³-hybridized carbons (Fsp3) is 0.846. The van der Waals surface area contributed by atoms with E-state index < -0.39 is 5.41 Å². The highest BCUT2D eigenvalue weighted by Gasteiger charge is 2.46. The Morgan fingerprint density at radius 2 is 2.00 bits per heavy atom. The molecule has 1 unspecified atom stereocenters. The van der Waals surface area contributed by atoms with Crippen LogP contribution in [0.15, 0.2) is 5.16 Å². The van der Waals surface area contributed by atoms with Gasteiger partial charge in [-0.3, -0.25) is 4.79 Å². The quantitative estimate of drug-likeness (QED) is 0.292. The van der Waals surface area contributed by atoms with Gasteiger partial charge < -0.3 is 16.3 Å². The van der Waals surface area contributed by atoms with Crippen LogP contribution in [-0.2, 0) is 4.79 Å². The summed E-state index contributed by atoms with van der Waals surface area (Å²) in [5, 5.41) is 14.8. The first-order chi connectivity index (χ1) is 8.34. The highest BCUT2D eigenvalue weighted by Crippen LogP contribution is 2.51. The second-order valence-corrected chi connectivity index (χ2v) is 5.87. The Hall–Kier alpha value is -1.26. The van der Waals surface area contributed by atoms with Crippen LogP contribution in [0.1, 0.15) is 47.0 Å². The minimum absolute atomic E-state index is 0.0000529. The summed E-state index contributed by atoms with van der Waals surface area (Å²) < 4.78 is 0. The molecule has 1 fully saturated rings. The Bertz CT molecular complexity index is 346. The average Bonchev–Trinajstić information content (AvgIpc) is 2.96. The molecule has 4 N–H and O–H groups in total. The van der Waals surface area contributed by atoms with Gasteiger partial charge in [0.1, 0.15) is 5.41 Å². The van der Waals surface area contributed by atoms with E-state index in [0.29, 0.717) is 30.7 Å². The first-order valence-electron chi connectivity index (χ1n) is 6.60.